The van der Waals surface area contributed by atoms with Gasteiger partial charge in [0.25, 0.3) is 17.1 Å². The van der Waals surface area contributed by atoms with E-state index in [1.165, 1.54) is 45.4 Å². The van der Waals surface area contributed by atoms with Crippen molar-refractivity contribution in [1.82, 2.24) is 58.5 Å². The van der Waals surface area contributed by atoms with Gasteiger partial charge >= 0.3 is 36.9 Å². The lowest BCUT2D eigenvalue weighted by atomic mass is 10.0. The van der Waals surface area contributed by atoms with Crippen LogP contribution in [0.4, 0.5) is 17.7 Å². The Morgan fingerprint density at radius 2 is 1.44 bits per heavy atom. The standard InChI is InChI=1S/C35H46N16O23P4/c1-47-5-34(7-67-76(58,59)73-78(62,63)74-77(60,61)68-8-35-6-65-20(22(35)64-3)31(71-35)51-12-48(2)17-26(51)44-33(38)46-28(17)55)21(16(47)29(70-34)49-10-41-14-23(36)39-9-40-24(14)49)72-75(56,57)66-4-13-18(52)19(53)30(69-13)50-11-42-15-25(50)43-32(37)45-27(15)54/h9-13,16,18-22,29-31,52-53H,4-8H2,1-3H3,(H11-,36,37,38,39,40,43,44,45,46,54,55,56,57,58,59,60,61,62,63)/p+1/t13-,16+,18?,19+,20?,21?,22-,29-,30-,31-,34-,35-/m1/s1. The number of nitrogen functional groups attached to an aromatic ring is 3. The molecule has 0 aromatic carbocycles. The highest BCUT2D eigenvalue weighted by atomic mass is 31.3. The Kier molecular flexibility index (Phi) is 13.5. The lowest BCUT2D eigenvalue weighted by molar-refractivity contribution is -0.752. The first-order chi connectivity index (χ1) is 36.6. The van der Waals surface area contributed by atoms with Gasteiger partial charge in [0.2, 0.25) is 17.7 Å². The van der Waals surface area contributed by atoms with Gasteiger partial charge in [-0.15, -0.1) is 0 Å². The van der Waals surface area contributed by atoms with Crippen molar-refractivity contribution >= 4 is 82.5 Å². The number of phosphoric ester groups is 3. The first kappa shape index (κ1) is 54.8. The molecule has 78 heavy (non-hydrogen) atoms. The molecule has 11 heterocycles. The van der Waals surface area contributed by atoms with Crippen molar-refractivity contribution in [3.8, 4) is 0 Å². The molecule has 6 aromatic heterocycles. The van der Waals surface area contributed by atoms with E-state index in [2.05, 4.69) is 48.5 Å². The SMILES string of the molecule is CO[C@@H]1C2OC[C@]1(COP(=O)(O)OP(=O)(O)OP(=O)(O)OC[C@]13CN(C)[C@@H](C1OP(=O)(O)OC[C@H]1O[C@@H](n4cnc5c(=O)[nH]c(N)nc54)[C@@H](O)C1O)[C@H](n1cnc4c(N)ncnc41)O3)O[C@H]2[n+]1cn(C)c2c(=O)[nH]c(N)nc21. The number of nitrogens with zero attached hydrogens (tertiary/aromatic N) is 11. The highest BCUT2D eigenvalue weighted by Gasteiger charge is 2.68. The number of morpholine rings is 1. The second-order valence-corrected chi connectivity index (χ2v) is 24.6. The van der Waals surface area contributed by atoms with E-state index in [-0.39, 0.29) is 64.4 Å². The molecule has 16 atom stereocenters. The Bertz CT molecular complexity index is 3690. The maximum Gasteiger partial charge on any atom is 0.490 e. The minimum Gasteiger partial charge on any atom is -0.387 e. The van der Waals surface area contributed by atoms with Crippen molar-refractivity contribution in [3.63, 3.8) is 0 Å². The molecule has 14 N–H and O–H groups in total. The number of fused-ring (bicyclic) bond motifs is 7. The molecule has 5 aliphatic rings. The molecule has 5 saturated heterocycles. The van der Waals surface area contributed by atoms with Crippen LogP contribution in [-0.2, 0) is 75.7 Å². The van der Waals surface area contributed by atoms with E-state index >= 15 is 0 Å². The zero-order valence-electron chi connectivity index (χ0n) is 40.2. The molecule has 0 spiro atoms. The van der Waals surface area contributed by atoms with Gasteiger partial charge in [-0.2, -0.15) is 13.6 Å². The van der Waals surface area contributed by atoms with Crippen molar-refractivity contribution in [2.24, 2.45) is 7.05 Å². The van der Waals surface area contributed by atoms with Crippen LogP contribution in [0.25, 0.3) is 33.5 Å². The zero-order chi connectivity index (χ0) is 55.8. The Morgan fingerprint density at radius 1 is 0.782 bits per heavy atom. The highest BCUT2D eigenvalue weighted by Crippen LogP contribution is 2.69. The van der Waals surface area contributed by atoms with Gasteiger partial charge in [0.05, 0.1) is 52.2 Å². The van der Waals surface area contributed by atoms with Crippen molar-refractivity contribution in [2.75, 3.05) is 64.3 Å². The third kappa shape index (κ3) is 9.49. The van der Waals surface area contributed by atoms with E-state index < -0.39 is 135 Å². The minimum atomic E-state index is -6.17. The number of hydrogen-bond donors (Lipinski definition) is 11. The number of H-pyrrole nitrogens is 2. The predicted octanol–water partition coefficient (Wildman–Crippen LogP) is -3.98. The quantitative estimate of drug-likeness (QED) is 0.0272. The van der Waals surface area contributed by atoms with Crippen LogP contribution in [0.15, 0.2) is 34.9 Å². The molecule has 7 unspecified atom stereocenters. The number of rotatable bonds is 19. The average molecular weight is 1180 g/mol. The number of likely N-dealkylation sites (tertiary alicyclic amines) is 1. The number of anilines is 3. The van der Waals surface area contributed by atoms with Crippen molar-refractivity contribution < 1.29 is 103 Å². The number of aromatic nitrogens is 12. The Balaban J connectivity index is 0.780. The van der Waals surface area contributed by atoms with Crippen molar-refractivity contribution in [3.05, 3.63) is 46.0 Å². The van der Waals surface area contributed by atoms with Gasteiger partial charge in [-0.05, 0) is 7.05 Å². The molecule has 4 bridgehead atoms. The van der Waals surface area contributed by atoms with Crippen LogP contribution in [0.2, 0.25) is 0 Å². The van der Waals surface area contributed by atoms with Gasteiger partial charge in [-0.1, -0.05) is 4.98 Å². The molecule has 5 fully saturated rings. The number of imidazole rings is 3. The average Bonchev–Trinajstić information content (AvgIpc) is 4.42. The summed E-state index contributed by atoms with van der Waals surface area (Å²) in [5.74, 6) is -0.557. The minimum absolute atomic E-state index is 0.0412. The van der Waals surface area contributed by atoms with Crippen LogP contribution in [0.1, 0.15) is 18.7 Å². The topological polar surface area (TPSA) is 534 Å². The number of hydrogen-bond acceptors (Lipinski definition) is 29. The van der Waals surface area contributed by atoms with Gasteiger partial charge in [-0.3, -0.25) is 56.3 Å². The van der Waals surface area contributed by atoms with Gasteiger partial charge in [-0.25, -0.2) is 42.8 Å². The van der Waals surface area contributed by atoms with E-state index in [9.17, 15) is 57.6 Å². The fourth-order valence-electron chi connectivity index (χ4n) is 10.3. The molecule has 5 aliphatic heterocycles. The molecule has 6 aromatic rings. The number of likely N-dealkylation sites (N-methyl/N-ethyl adjacent to an activating group) is 1. The summed E-state index contributed by atoms with van der Waals surface area (Å²) in [7, 11) is -19.0. The molecular weight excluding hydrogens is 1140 g/mol. The van der Waals surface area contributed by atoms with Gasteiger partial charge in [0.15, 0.2) is 41.4 Å². The monoisotopic (exact) mass is 1180 g/mol. The summed E-state index contributed by atoms with van der Waals surface area (Å²) in [5, 5.41) is 21.9. The predicted molar refractivity (Wildman–Crippen MR) is 251 cm³/mol. The van der Waals surface area contributed by atoms with Gasteiger partial charge in [0.1, 0.15) is 59.7 Å². The molecule has 39 nitrogen and oxygen atoms in total. The molecule has 424 valence electrons. The number of aromatic amines is 2. The largest absolute Gasteiger partial charge is 0.490 e. The Hall–Kier alpha value is -5.15. The number of methoxy groups -OCH3 is 1. The fraction of sp³-hybridized carbons (Fsp3) is 0.571. The van der Waals surface area contributed by atoms with Crippen LogP contribution in [0, 0.1) is 0 Å². The first-order valence-corrected chi connectivity index (χ1v) is 28.6. The molecule has 0 amide bonds. The van der Waals surface area contributed by atoms with Gasteiger partial charge < -0.3 is 70.7 Å². The molecule has 0 radical (unpaired) electrons. The van der Waals surface area contributed by atoms with E-state index in [0.717, 1.165) is 17.2 Å². The van der Waals surface area contributed by atoms with Crippen molar-refractivity contribution in [1.29, 1.82) is 0 Å². The van der Waals surface area contributed by atoms with Crippen LogP contribution in [0.5, 0.6) is 0 Å². The summed E-state index contributed by atoms with van der Waals surface area (Å²) >= 11 is 0. The van der Waals surface area contributed by atoms with Gasteiger partial charge in [0, 0.05) is 13.7 Å². The van der Waals surface area contributed by atoms with Crippen LogP contribution in [-0.4, -0.2) is 189 Å². The lowest BCUT2D eigenvalue weighted by Crippen LogP contribution is -2.50. The summed E-state index contributed by atoms with van der Waals surface area (Å²) in [5.41, 5.74) is 12.4. The van der Waals surface area contributed by atoms with Crippen LogP contribution >= 0.6 is 31.3 Å². The number of phosphoric acid groups is 4. The number of aryl methyl sites for hydroxylation is 1. The van der Waals surface area contributed by atoms with E-state index in [1.54, 1.807) is 7.05 Å². The number of nitrogens with two attached hydrogens (primary N) is 3. The second kappa shape index (κ2) is 19.3. The lowest BCUT2D eigenvalue weighted by Gasteiger charge is -2.35. The highest BCUT2D eigenvalue weighted by molar-refractivity contribution is 7.66. The summed E-state index contributed by atoms with van der Waals surface area (Å²) in [6.45, 7) is -3.71. The van der Waals surface area contributed by atoms with E-state index in [0.29, 0.717) is 0 Å². The third-order valence-electron chi connectivity index (χ3n) is 13.5. The summed E-state index contributed by atoms with van der Waals surface area (Å²) in [6.07, 6.45) is -7.79. The smallest absolute Gasteiger partial charge is 0.387 e. The molecule has 11 rings (SSSR count). The Morgan fingerprint density at radius 3 is 2.14 bits per heavy atom. The fourth-order valence-corrected chi connectivity index (χ4v) is 14.9. The second-order valence-electron chi connectivity index (χ2n) is 18.6. The van der Waals surface area contributed by atoms with Crippen LogP contribution < -0.4 is 32.9 Å². The molecular formula is C35H47N16O23P4+. The number of aliphatic hydroxyl groups is 2. The maximum absolute atomic E-state index is 13.9. The first-order valence-electron chi connectivity index (χ1n) is 22.6. The zero-order valence-corrected chi connectivity index (χ0v) is 43.8. The molecule has 43 heteroatoms. The number of nitrogens with one attached hydrogen (secondary N) is 2. The third-order valence-corrected chi connectivity index (χ3v) is 18.7. The van der Waals surface area contributed by atoms with Crippen LogP contribution in [0.3, 0.4) is 0 Å². The summed E-state index contributed by atoms with van der Waals surface area (Å²) < 4.78 is 119. The van der Waals surface area contributed by atoms with E-state index in [4.69, 9.17) is 59.0 Å². The summed E-state index contributed by atoms with van der Waals surface area (Å²) in [6, 6.07) is -1.16. The van der Waals surface area contributed by atoms with Crippen molar-refractivity contribution in [2.45, 2.75) is 72.6 Å². The number of aliphatic hydroxyl groups excluding tert-OH is 2. The maximum atomic E-state index is 13.9. The number of ether oxygens (including phenoxy) is 5. The molecule has 0 aliphatic carbocycles. The molecule has 0 saturated carbocycles. The Labute approximate surface area is 433 Å². The van der Waals surface area contributed by atoms with E-state index in [1.807, 2.05) is 0 Å². The summed E-state index contributed by atoms with van der Waals surface area (Å²) in [4.78, 5) is 99.1. The normalized spacial score (nSPS) is 33.0.